The van der Waals surface area contributed by atoms with E-state index in [1.165, 1.54) is 44.1 Å². The van der Waals surface area contributed by atoms with Crippen molar-refractivity contribution in [3.63, 3.8) is 0 Å². The fraction of sp³-hybridized carbons (Fsp3) is 0.900. The third-order valence-corrected chi connectivity index (χ3v) is 12.9. The molecule has 5 aliphatic rings. The summed E-state index contributed by atoms with van der Waals surface area (Å²) in [6.45, 7) is 17.4. The highest BCUT2D eigenvalue weighted by molar-refractivity contribution is 5.80. The van der Waals surface area contributed by atoms with Gasteiger partial charge in [-0.2, -0.15) is 0 Å². The molecule has 180 valence electrons. The maximum absolute atomic E-state index is 13.1. The molecule has 0 amide bonds. The van der Waals surface area contributed by atoms with E-state index in [0.717, 1.165) is 43.4 Å². The number of allylic oxidation sites excluding steroid dienone is 1. The SMILES string of the molecule is CC(C)C1CCC2C1(C)CCC1(C)C3CCC4C(C)(C)CCCC4(C(=O)O)C3=CCC21C. The second kappa shape index (κ2) is 6.88. The van der Waals surface area contributed by atoms with E-state index in [1.54, 1.807) is 0 Å². The number of hydrogen-bond donors (Lipinski definition) is 1. The third kappa shape index (κ3) is 2.56. The number of aliphatic carboxylic acids is 1. The molecule has 32 heavy (non-hydrogen) atoms. The molecule has 1 N–H and O–H groups in total. The summed E-state index contributed by atoms with van der Waals surface area (Å²) in [6.07, 6.45) is 14.4. The molecule has 0 aliphatic heterocycles. The van der Waals surface area contributed by atoms with Crippen molar-refractivity contribution in [1.29, 1.82) is 0 Å². The van der Waals surface area contributed by atoms with Gasteiger partial charge in [0.1, 0.15) is 0 Å². The highest BCUT2D eigenvalue weighted by Crippen LogP contribution is 2.76. The Labute approximate surface area is 197 Å². The fourth-order valence-corrected chi connectivity index (χ4v) is 11.2. The van der Waals surface area contributed by atoms with Crippen molar-refractivity contribution in [3.8, 4) is 0 Å². The molecule has 2 heteroatoms. The zero-order chi connectivity index (χ0) is 23.3. The maximum atomic E-state index is 13.1. The molecule has 8 atom stereocenters. The second-order valence-corrected chi connectivity index (χ2v) is 14.5. The molecule has 0 aromatic carbocycles. The number of carboxylic acids is 1. The zero-order valence-electron chi connectivity index (χ0n) is 21.9. The van der Waals surface area contributed by atoms with Crippen molar-refractivity contribution in [3.05, 3.63) is 11.6 Å². The molecule has 0 aromatic heterocycles. The van der Waals surface area contributed by atoms with Crippen LogP contribution in [0.15, 0.2) is 11.6 Å². The third-order valence-electron chi connectivity index (χ3n) is 12.9. The lowest BCUT2D eigenvalue weighted by molar-refractivity contribution is -0.175. The minimum Gasteiger partial charge on any atom is -0.481 e. The van der Waals surface area contributed by atoms with Gasteiger partial charge in [-0.05, 0) is 109 Å². The monoisotopic (exact) mass is 440 g/mol. The summed E-state index contributed by atoms with van der Waals surface area (Å²) < 4.78 is 0. The molecular formula is C30H48O2. The van der Waals surface area contributed by atoms with Crippen LogP contribution in [-0.4, -0.2) is 11.1 Å². The number of rotatable bonds is 2. The van der Waals surface area contributed by atoms with E-state index in [1.807, 2.05) is 0 Å². The summed E-state index contributed by atoms with van der Waals surface area (Å²) in [4.78, 5) is 13.1. The standard InChI is InChI=1S/C30H48O2/c1-19(2)20-9-12-24-27(20,5)17-18-28(6)21-10-11-23-26(3,4)14-8-15-30(23,25(31)32)22(21)13-16-29(24,28)7/h13,19-21,23-24H,8-12,14-18H2,1-7H3,(H,31,32). The van der Waals surface area contributed by atoms with Gasteiger partial charge in [-0.15, -0.1) is 0 Å². The van der Waals surface area contributed by atoms with Crippen LogP contribution >= 0.6 is 0 Å². The van der Waals surface area contributed by atoms with Crippen molar-refractivity contribution in [1.82, 2.24) is 0 Å². The first kappa shape index (κ1) is 23.0. The van der Waals surface area contributed by atoms with Gasteiger partial charge in [-0.3, -0.25) is 4.79 Å². The Balaban J connectivity index is 1.61. The van der Waals surface area contributed by atoms with Crippen LogP contribution < -0.4 is 0 Å². The number of carbonyl (C=O) groups is 1. The molecule has 0 heterocycles. The highest BCUT2D eigenvalue weighted by Gasteiger charge is 2.69. The van der Waals surface area contributed by atoms with Crippen molar-refractivity contribution in [2.45, 2.75) is 113 Å². The number of hydrogen-bond acceptors (Lipinski definition) is 1. The van der Waals surface area contributed by atoms with E-state index in [2.05, 4.69) is 54.5 Å². The van der Waals surface area contributed by atoms with Crippen molar-refractivity contribution >= 4 is 5.97 Å². The molecule has 0 radical (unpaired) electrons. The summed E-state index contributed by atoms with van der Waals surface area (Å²) >= 11 is 0. The number of carboxylic acid groups (broad SMARTS) is 1. The van der Waals surface area contributed by atoms with E-state index >= 15 is 0 Å². The minimum atomic E-state index is -0.605. The van der Waals surface area contributed by atoms with Crippen LogP contribution in [0.1, 0.15) is 113 Å². The van der Waals surface area contributed by atoms with Gasteiger partial charge in [-0.25, -0.2) is 0 Å². The Morgan fingerprint density at radius 1 is 0.906 bits per heavy atom. The second-order valence-electron chi connectivity index (χ2n) is 14.5. The van der Waals surface area contributed by atoms with E-state index in [0.29, 0.717) is 22.7 Å². The Hall–Kier alpha value is -0.790. The Kier molecular flexibility index (Phi) is 4.94. The van der Waals surface area contributed by atoms with Gasteiger partial charge in [0.2, 0.25) is 0 Å². The number of fused-ring (bicyclic) bond motifs is 7. The van der Waals surface area contributed by atoms with Crippen LogP contribution in [0, 0.1) is 56.7 Å². The molecule has 2 nitrogen and oxygen atoms in total. The molecule has 4 fully saturated rings. The van der Waals surface area contributed by atoms with E-state index in [4.69, 9.17) is 0 Å². The predicted molar refractivity (Wildman–Crippen MR) is 131 cm³/mol. The van der Waals surface area contributed by atoms with Crippen LogP contribution in [0.5, 0.6) is 0 Å². The van der Waals surface area contributed by atoms with E-state index in [9.17, 15) is 9.90 Å². The first-order valence-electron chi connectivity index (χ1n) is 13.8. The molecule has 5 rings (SSSR count). The van der Waals surface area contributed by atoms with Gasteiger partial charge < -0.3 is 5.11 Å². The average molecular weight is 441 g/mol. The van der Waals surface area contributed by atoms with Gasteiger partial charge in [0.15, 0.2) is 0 Å². The highest BCUT2D eigenvalue weighted by atomic mass is 16.4. The van der Waals surface area contributed by atoms with E-state index in [-0.39, 0.29) is 10.8 Å². The van der Waals surface area contributed by atoms with Crippen molar-refractivity contribution < 1.29 is 9.90 Å². The van der Waals surface area contributed by atoms with Crippen LogP contribution in [0.4, 0.5) is 0 Å². The lowest BCUT2D eigenvalue weighted by Gasteiger charge is -2.68. The zero-order valence-corrected chi connectivity index (χ0v) is 21.9. The van der Waals surface area contributed by atoms with Gasteiger partial charge in [0.25, 0.3) is 0 Å². The predicted octanol–water partition coefficient (Wildman–Crippen LogP) is 8.12. The van der Waals surface area contributed by atoms with Crippen molar-refractivity contribution in [2.24, 2.45) is 56.7 Å². The fourth-order valence-electron chi connectivity index (χ4n) is 11.2. The molecule has 0 saturated heterocycles. The van der Waals surface area contributed by atoms with Crippen LogP contribution in [-0.2, 0) is 4.79 Å². The van der Waals surface area contributed by atoms with Gasteiger partial charge in [0.05, 0.1) is 5.41 Å². The quantitative estimate of drug-likeness (QED) is 0.440. The van der Waals surface area contributed by atoms with Crippen molar-refractivity contribution in [2.75, 3.05) is 0 Å². The first-order chi connectivity index (χ1) is 14.8. The average Bonchev–Trinajstić information content (AvgIpc) is 3.07. The largest absolute Gasteiger partial charge is 0.481 e. The molecule has 8 unspecified atom stereocenters. The Bertz CT molecular complexity index is 838. The molecular weight excluding hydrogens is 392 g/mol. The molecule has 0 aromatic rings. The lowest BCUT2D eigenvalue weighted by atomic mass is 9.35. The molecule has 0 bridgehead atoms. The Morgan fingerprint density at radius 2 is 1.59 bits per heavy atom. The van der Waals surface area contributed by atoms with Crippen LogP contribution in [0.3, 0.4) is 0 Å². The molecule has 4 saturated carbocycles. The summed E-state index contributed by atoms with van der Waals surface area (Å²) in [5.74, 6) is 2.63. The first-order valence-corrected chi connectivity index (χ1v) is 13.8. The normalized spacial score (nSPS) is 51.8. The molecule has 0 spiro atoms. The van der Waals surface area contributed by atoms with Gasteiger partial charge in [0, 0.05) is 0 Å². The van der Waals surface area contributed by atoms with E-state index < -0.39 is 11.4 Å². The summed E-state index contributed by atoms with van der Waals surface area (Å²) in [6, 6.07) is 0. The summed E-state index contributed by atoms with van der Waals surface area (Å²) in [5, 5.41) is 10.8. The molecule has 5 aliphatic carbocycles. The van der Waals surface area contributed by atoms with Crippen LogP contribution in [0.2, 0.25) is 0 Å². The summed E-state index contributed by atoms with van der Waals surface area (Å²) in [7, 11) is 0. The topological polar surface area (TPSA) is 37.3 Å². The van der Waals surface area contributed by atoms with Gasteiger partial charge in [-0.1, -0.05) is 66.5 Å². The minimum absolute atomic E-state index is 0.130. The van der Waals surface area contributed by atoms with Crippen LogP contribution in [0.25, 0.3) is 0 Å². The maximum Gasteiger partial charge on any atom is 0.314 e. The Morgan fingerprint density at radius 3 is 2.25 bits per heavy atom. The lowest BCUT2D eigenvalue weighted by Crippen LogP contribution is -2.62. The van der Waals surface area contributed by atoms with Gasteiger partial charge >= 0.3 is 5.97 Å². The smallest absolute Gasteiger partial charge is 0.314 e. The summed E-state index contributed by atoms with van der Waals surface area (Å²) in [5.41, 5.74) is 1.90.